The van der Waals surface area contributed by atoms with E-state index in [9.17, 15) is 18.0 Å². The summed E-state index contributed by atoms with van der Waals surface area (Å²) in [5.74, 6) is -0.144. The summed E-state index contributed by atoms with van der Waals surface area (Å²) in [6, 6.07) is 13.2. The number of benzene rings is 2. The summed E-state index contributed by atoms with van der Waals surface area (Å²) in [4.78, 5) is 27.0. The highest BCUT2D eigenvalue weighted by molar-refractivity contribution is 7.92. The molecule has 1 fully saturated rings. The zero-order chi connectivity index (χ0) is 20.3. The second kappa shape index (κ2) is 8.32. The number of carbonyl (C=O) groups is 2. The molecule has 28 heavy (non-hydrogen) atoms. The minimum Gasteiger partial charge on any atom is -0.339 e. The van der Waals surface area contributed by atoms with Crippen molar-refractivity contribution < 1.29 is 18.0 Å². The summed E-state index contributed by atoms with van der Waals surface area (Å²) in [6.45, 7) is 1.01. The Labute approximate surface area is 169 Å². The fourth-order valence-electron chi connectivity index (χ4n) is 3.27. The number of carbonyl (C=O) groups excluding carboxylic acids is 2. The number of anilines is 1. The number of nitrogens with zero attached hydrogens (tertiary/aromatic N) is 1. The summed E-state index contributed by atoms with van der Waals surface area (Å²) in [5.41, 5.74) is 1.54. The molecule has 0 spiro atoms. The van der Waals surface area contributed by atoms with Gasteiger partial charge in [0.2, 0.25) is 10.0 Å². The number of amides is 1. The molecule has 0 saturated carbocycles. The third-order valence-electron chi connectivity index (χ3n) is 4.72. The second-order valence-corrected chi connectivity index (χ2v) is 9.07. The molecule has 2 aromatic rings. The molecule has 0 aliphatic carbocycles. The van der Waals surface area contributed by atoms with E-state index in [2.05, 4.69) is 4.72 Å². The zero-order valence-corrected chi connectivity index (χ0v) is 17.0. The molecule has 1 heterocycles. The molecule has 1 aliphatic rings. The van der Waals surface area contributed by atoms with Crippen LogP contribution in [0.3, 0.4) is 0 Å². The smallest absolute Gasteiger partial charge is 0.253 e. The van der Waals surface area contributed by atoms with Crippen LogP contribution in [0.25, 0.3) is 0 Å². The van der Waals surface area contributed by atoms with Crippen LogP contribution in [0.2, 0.25) is 5.02 Å². The van der Waals surface area contributed by atoms with E-state index in [-0.39, 0.29) is 17.6 Å². The number of ketones is 1. The van der Waals surface area contributed by atoms with Crippen LogP contribution < -0.4 is 4.72 Å². The lowest BCUT2D eigenvalue weighted by molar-refractivity contribution is 0.0650. The molecular weight excluding hydrogens is 400 g/mol. The Bertz CT molecular complexity index is 964. The summed E-state index contributed by atoms with van der Waals surface area (Å²) >= 11 is 5.87. The number of likely N-dealkylation sites (tertiary alicyclic amines) is 1. The zero-order valence-electron chi connectivity index (χ0n) is 15.4. The standard InChI is InChI=1S/C20H21ClN2O4S/c1-28(26,27)22-18-8-4-16(5-9-18)20(25)23-12-10-15(11-13-23)19(24)14-2-6-17(21)7-3-14/h2-9,15,22H,10-13H2,1H3. The Hall–Kier alpha value is -2.38. The summed E-state index contributed by atoms with van der Waals surface area (Å²) in [7, 11) is -3.36. The highest BCUT2D eigenvalue weighted by Crippen LogP contribution is 2.24. The van der Waals surface area contributed by atoms with E-state index < -0.39 is 10.0 Å². The highest BCUT2D eigenvalue weighted by Gasteiger charge is 2.28. The molecule has 8 heteroatoms. The molecule has 0 atom stereocenters. The molecule has 1 amide bonds. The average molecular weight is 421 g/mol. The third-order valence-corrected chi connectivity index (χ3v) is 5.58. The molecular formula is C20H21ClN2O4S. The molecule has 0 bridgehead atoms. The van der Waals surface area contributed by atoms with Crippen LogP contribution in [0.4, 0.5) is 5.69 Å². The van der Waals surface area contributed by atoms with Crippen molar-refractivity contribution in [2.75, 3.05) is 24.1 Å². The van der Waals surface area contributed by atoms with Crippen molar-refractivity contribution in [3.63, 3.8) is 0 Å². The van der Waals surface area contributed by atoms with Gasteiger partial charge in [-0.1, -0.05) is 11.6 Å². The number of sulfonamides is 1. The van der Waals surface area contributed by atoms with Gasteiger partial charge >= 0.3 is 0 Å². The number of rotatable bonds is 5. The molecule has 148 valence electrons. The number of piperidine rings is 1. The van der Waals surface area contributed by atoms with Crippen LogP contribution in [0.1, 0.15) is 33.6 Å². The van der Waals surface area contributed by atoms with E-state index in [1.165, 1.54) is 0 Å². The Morgan fingerprint density at radius 2 is 1.50 bits per heavy atom. The van der Waals surface area contributed by atoms with Gasteiger partial charge in [0.1, 0.15) is 0 Å². The highest BCUT2D eigenvalue weighted by atomic mass is 35.5. The lowest BCUT2D eigenvalue weighted by atomic mass is 9.88. The van der Waals surface area contributed by atoms with E-state index >= 15 is 0 Å². The van der Waals surface area contributed by atoms with Gasteiger partial charge in [0.25, 0.3) is 5.91 Å². The second-order valence-electron chi connectivity index (χ2n) is 6.89. The minimum absolute atomic E-state index is 0.0833. The van der Waals surface area contributed by atoms with Gasteiger partial charge in [0, 0.05) is 40.8 Å². The van der Waals surface area contributed by atoms with E-state index in [4.69, 9.17) is 11.6 Å². The maximum atomic E-state index is 12.7. The quantitative estimate of drug-likeness (QED) is 0.751. The van der Waals surface area contributed by atoms with Crippen molar-refractivity contribution in [3.8, 4) is 0 Å². The Morgan fingerprint density at radius 1 is 0.964 bits per heavy atom. The largest absolute Gasteiger partial charge is 0.339 e. The van der Waals surface area contributed by atoms with Crippen LogP contribution >= 0.6 is 11.6 Å². The van der Waals surface area contributed by atoms with Crippen LogP contribution in [-0.4, -0.2) is 44.4 Å². The number of halogens is 1. The lowest BCUT2D eigenvalue weighted by Gasteiger charge is -2.31. The van der Waals surface area contributed by atoms with Gasteiger partial charge in [-0.3, -0.25) is 14.3 Å². The molecule has 6 nitrogen and oxygen atoms in total. The first-order chi connectivity index (χ1) is 13.2. The number of Topliss-reactive ketones (excluding diaryl/α,β-unsaturated/α-hetero) is 1. The molecule has 1 saturated heterocycles. The Balaban J connectivity index is 1.59. The van der Waals surface area contributed by atoms with Crippen molar-refractivity contribution in [1.29, 1.82) is 0 Å². The van der Waals surface area contributed by atoms with Crippen molar-refractivity contribution >= 4 is 39.0 Å². The molecule has 2 aromatic carbocycles. The van der Waals surface area contributed by atoms with Crippen molar-refractivity contribution in [2.45, 2.75) is 12.8 Å². The summed E-state index contributed by atoms with van der Waals surface area (Å²) < 4.78 is 24.9. The van der Waals surface area contributed by atoms with Gasteiger partial charge in [0.15, 0.2) is 5.78 Å². The topological polar surface area (TPSA) is 83.6 Å². The molecule has 1 aliphatic heterocycles. The SMILES string of the molecule is CS(=O)(=O)Nc1ccc(C(=O)N2CCC(C(=O)c3ccc(Cl)cc3)CC2)cc1. The number of hydrogen-bond acceptors (Lipinski definition) is 4. The normalized spacial score (nSPS) is 15.3. The maximum absolute atomic E-state index is 12.7. The average Bonchev–Trinajstić information content (AvgIpc) is 2.67. The Morgan fingerprint density at radius 3 is 2.04 bits per heavy atom. The van der Waals surface area contributed by atoms with E-state index in [0.29, 0.717) is 47.8 Å². The number of nitrogens with one attached hydrogen (secondary N) is 1. The first-order valence-corrected chi connectivity index (χ1v) is 11.2. The predicted octanol–water partition coefficient (Wildman–Crippen LogP) is 3.45. The monoisotopic (exact) mass is 420 g/mol. The van der Waals surface area contributed by atoms with Gasteiger partial charge in [-0.2, -0.15) is 0 Å². The first kappa shape index (κ1) is 20.4. The molecule has 0 aromatic heterocycles. The molecule has 1 N–H and O–H groups in total. The number of hydrogen-bond donors (Lipinski definition) is 1. The van der Waals surface area contributed by atoms with Crippen molar-refractivity contribution in [2.24, 2.45) is 5.92 Å². The molecule has 0 radical (unpaired) electrons. The summed E-state index contributed by atoms with van der Waals surface area (Å²) in [5, 5.41) is 0.592. The van der Waals surface area contributed by atoms with E-state index in [0.717, 1.165) is 6.26 Å². The minimum atomic E-state index is -3.36. The van der Waals surface area contributed by atoms with Gasteiger partial charge in [-0.05, 0) is 61.4 Å². The van der Waals surface area contributed by atoms with Crippen molar-refractivity contribution in [1.82, 2.24) is 4.90 Å². The fourth-order valence-corrected chi connectivity index (χ4v) is 3.96. The molecule has 3 rings (SSSR count). The maximum Gasteiger partial charge on any atom is 0.253 e. The van der Waals surface area contributed by atoms with Crippen LogP contribution in [0.5, 0.6) is 0 Å². The van der Waals surface area contributed by atoms with Gasteiger partial charge in [0.05, 0.1) is 6.26 Å². The predicted molar refractivity (Wildman–Crippen MR) is 109 cm³/mol. The molecule has 0 unspecified atom stereocenters. The van der Waals surface area contributed by atoms with Gasteiger partial charge in [-0.15, -0.1) is 0 Å². The van der Waals surface area contributed by atoms with Gasteiger partial charge in [-0.25, -0.2) is 8.42 Å². The Kier molecular flexibility index (Phi) is 6.05. The van der Waals surface area contributed by atoms with Crippen LogP contribution in [0, 0.1) is 5.92 Å². The van der Waals surface area contributed by atoms with Gasteiger partial charge < -0.3 is 4.90 Å². The first-order valence-electron chi connectivity index (χ1n) is 8.90. The lowest BCUT2D eigenvalue weighted by Crippen LogP contribution is -2.40. The fraction of sp³-hybridized carbons (Fsp3) is 0.300. The van der Waals surface area contributed by atoms with Crippen LogP contribution in [-0.2, 0) is 10.0 Å². The third kappa shape index (κ3) is 5.11. The van der Waals surface area contributed by atoms with E-state index in [1.807, 2.05) is 0 Å². The van der Waals surface area contributed by atoms with E-state index in [1.54, 1.807) is 53.4 Å². The van der Waals surface area contributed by atoms with Crippen molar-refractivity contribution in [3.05, 3.63) is 64.7 Å². The van der Waals surface area contributed by atoms with Crippen LogP contribution in [0.15, 0.2) is 48.5 Å². The summed E-state index contributed by atoms with van der Waals surface area (Å²) in [6.07, 6.45) is 2.30.